The van der Waals surface area contributed by atoms with Crippen LogP contribution in [0.25, 0.3) is 11.1 Å². The second-order valence-corrected chi connectivity index (χ2v) is 12.4. The molecular weight excluding hydrogens is 558 g/mol. The van der Waals surface area contributed by atoms with Crippen LogP contribution in [0.4, 0.5) is 15.3 Å². The van der Waals surface area contributed by atoms with Crippen molar-refractivity contribution in [2.24, 2.45) is 5.73 Å². The lowest BCUT2D eigenvalue weighted by Gasteiger charge is -2.32. The number of para-hydroxylation sites is 1. The number of benzene rings is 2. The molecule has 1 heterocycles. The Morgan fingerprint density at radius 2 is 1.61 bits per heavy atom. The summed E-state index contributed by atoms with van der Waals surface area (Å²) in [5.74, 6) is 0.127. The molecule has 1 aliphatic heterocycles. The quantitative estimate of drug-likeness (QED) is 0.269. The molecule has 1 fully saturated rings. The van der Waals surface area contributed by atoms with E-state index in [0.29, 0.717) is 32.6 Å². The molecule has 3 N–H and O–H groups in total. The number of nitrogens with zero attached hydrogens (tertiary/aromatic N) is 3. The van der Waals surface area contributed by atoms with Crippen molar-refractivity contribution < 1.29 is 23.9 Å². The van der Waals surface area contributed by atoms with E-state index in [1.54, 1.807) is 9.80 Å². The van der Waals surface area contributed by atoms with Crippen molar-refractivity contribution >= 4 is 23.8 Å². The van der Waals surface area contributed by atoms with Gasteiger partial charge in [0.25, 0.3) is 0 Å². The van der Waals surface area contributed by atoms with Gasteiger partial charge in [-0.25, -0.2) is 9.59 Å². The van der Waals surface area contributed by atoms with Crippen LogP contribution in [0, 0.1) is 0 Å². The largest absolute Gasteiger partial charge is 0.446 e. The first-order valence-electron chi connectivity index (χ1n) is 15.8. The zero-order valence-electron chi connectivity index (χ0n) is 26.9. The molecule has 0 aromatic heterocycles. The molecule has 3 amide bonds. The fraction of sp³-hybridized carbons (Fsp3) is 0.559. The normalized spacial score (nSPS) is 14.1. The first kappa shape index (κ1) is 34.9. The van der Waals surface area contributed by atoms with E-state index in [1.807, 2.05) is 82.4 Å². The molecule has 44 heavy (non-hydrogen) atoms. The molecule has 2 aromatic rings. The molecule has 10 heteroatoms. The maximum Gasteiger partial charge on any atom is 0.411 e. The molecule has 1 saturated heterocycles. The van der Waals surface area contributed by atoms with Gasteiger partial charge in [0.05, 0.1) is 5.69 Å². The van der Waals surface area contributed by atoms with Crippen LogP contribution in [-0.2, 0) is 14.3 Å². The summed E-state index contributed by atoms with van der Waals surface area (Å²) >= 11 is 0. The third kappa shape index (κ3) is 12.2. The van der Waals surface area contributed by atoms with Crippen molar-refractivity contribution in [1.82, 2.24) is 14.7 Å². The van der Waals surface area contributed by atoms with Crippen molar-refractivity contribution in [2.75, 3.05) is 58.2 Å². The van der Waals surface area contributed by atoms with Gasteiger partial charge in [-0.1, -0.05) is 55.0 Å². The predicted octanol–water partition coefficient (Wildman–Crippen LogP) is 5.58. The molecule has 0 radical (unpaired) electrons. The van der Waals surface area contributed by atoms with Crippen LogP contribution in [-0.4, -0.2) is 97.4 Å². The highest BCUT2D eigenvalue weighted by atomic mass is 16.6. The smallest absolute Gasteiger partial charge is 0.411 e. The van der Waals surface area contributed by atoms with E-state index in [1.165, 1.54) is 0 Å². The third-order valence-electron chi connectivity index (χ3n) is 7.60. The summed E-state index contributed by atoms with van der Waals surface area (Å²) in [6.45, 7) is 10.0. The fourth-order valence-corrected chi connectivity index (χ4v) is 5.14. The number of hydrogen-bond donors (Lipinski definition) is 2. The summed E-state index contributed by atoms with van der Waals surface area (Å²) in [6.07, 6.45) is 3.51. The number of anilines is 1. The summed E-state index contributed by atoms with van der Waals surface area (Å²) in [6, 6.07) is 17.7. The van der Waals surface area contributed by atoms with Crippen molar-refractivity contribution in [1.29, 1.82) is 0 Å². The summed E-state index contributed by atoms with van der Waals surface area (Å²) in [5.41, 5.74) is 7.83. The molecule has 0 bridgehead atoms. The van der Waals surface area contributed by atoms with Crippen LogP contribution in [0.15, 0.2) is 54.6 Å². The lowest BCUT2D eigenvalue weighted by Crippen LogP contribution is -2.42. The number of nitrogens with one attached hydrogen (secondary N) is 1. The minimum Gasteiger partial charge on any atom is -0.446 e. The van der Waals surface area contributed by atoms with Gasteiger partial charge in [0, 0.05) is 64.8 Å². The third-order valence-corrected chi connectivity index (χ3v) is 7.60. The average molecular weight is 610 g/mol. The van der Waals surface area contributed by atoms with Crippen molar-refractivity contribution in [3.63, 3.8) is 0 Å². The Bertz CT molecular complexity index is 1180. The van der Waals surface area contributed by atoms with Crippen LogP contribution in [0.1, 0.15) is 59.3 Å². The first-order chi connectivity index (χ1) is 21.1. The van der Waals surface area contributed by atoms with Crippen LogP contribution < -0.4 is 11.1 Å². The van der Waals surface area contributed by atoms with E-state index in [9.17, 15) is 14.4 Å². The maximum atomic E-state index is 12.7. The monoisotopic (exact) mass is 609 g/mol. The zero-order valence-corrected chi connectivity index (χ0v) is 26.9. The Hall–Kier alpha value is -3.63. The number of carbonyl (C=O) groups is 3. The van der Waals surface area contributed by atoms with E-state index >= 15 is 0 Å². The van der Waals surface area contributed by atoms with Crippen LogP contribution >= 0.6 is 0 Å². The number of carbonyl (C=O) groups excluding carboxylic acids is 3. The highest BCUT2D eigenvalue weighted by molar-refractivity contribution is 5.91. The van der Waals surface area contributed by atoms with E-state index in [2.05, 4.69) is 10.2 Å². The molecule has 242 valence electrons. The Morgan fingerprint density at radius 3 is 2.30 bits per heavy atom. The minimum atomic E-state index is -0.544. The number of rotatable bonds is 14. The van der Waals surface area contributed by atoms with E-state index in [0.717, 1.165) is 68.6 Å². The number of likely N-dealkylation sites (N-methyl/N-ethyl adjacent to an activating group) is 1. The first-order valence-corrected chi connectivity index (χ1v) is 15.8. The predicted molar refractivity (Wildman–Crippen MR) is 174 cm³/mol. The summed E-state index contributed by atoms with van der Waals surface area (Å²) < 4.78 is 11.2. The molecule has 2 aromatic carbocycles. The SMILES string of the molecule is CN(CCN1CCC(OC(=O)Nc2ccccc2-c2ccccc2)CC1)C(=O)CCCCCN(CCN)C(=O)OC(C)(C)C. The van der Waals surface area contributed by atoms with Gasteiger partial charge < -0.3 is 29.9 Å². The number of nitrogens with two attached hydrogens (primary N) is 1. The van der Waals surface area contributed by atoms with Crippen molar-refractivity contribution in [3.8, 4) is 11.1 Å². The molecule has 0 spiro atoms. The van der Waals surface area contributed by atoms with Gasteiger partial charge >= 0.3 is 12.2 Å². The summed E-state index contributed by atoms with van der Waals surface area (Å²) in [7, 11) is 1.85. The number of hydrogen-bond acceptors (Lipinski definition) is 7. The molecule has 0 aliphatic carbocycles. The Balaban J connectivity index is 1.30. The molecule has 0 atom stereocenters. The van der Waals surface area contributed by atoms with Gasteiger partial charge in [0.1, 0.15) is 11.7 Å². The van der Waals surface area contributed by atoms with Crippen LogP contribution in [0.3, 0.4) is 0 Å². The highest BCUT2D eigenvalue weighted by Crippen LogP contribution is 2.28. The second kappa shape index (κ2) is 17.6. The molecule has 0 saturated carbocycles. The zero-order chi connectivity index (χ0) is 32.0. The standard InChI is InChI=1S/C34H51N5O5/c1-34(2,3)44-33(42)39(24-20-35)21-12-6-9-17-31(40)37(4)25-26-38-22-18-28(19-23-38)43-32(41)36-30-16-11-10-15-29(30)27-13-7-5-8-14-27/h5,7-8,10-11,13-16,28H,6,9,12,17-26,35H2,1-4H3,(H,36,41). The number of ether oxygens (including phenoxy) is 2. The molecule has 0 unspecified atom stereocenters. The van der Waals surface area contributed by atoms with Gasteiger partial charge in [0.15, 0.2) is 0 Å². The molecule has 3 rings (SSSR count). The minimum absolute atomic E-state index is 0.127. The van der Waals surface area contributed by atoms with Gasteiger partial charge in [0.2, 0.25) is 5.91 Å². The van der Waals surface area contributed by atoms with E-state index in [4.69, 9.17) is 15.2 Å². The Kier molecular flexibility index (Phi) is 14.0. The highest BCUT2D eigenvalue weighted by Gasteiger charge is 2.24. The average Bonchev–Trinajstić information content (AvgIpc) is 2.99. The van der Waals surface area contributed by atoms with Crippen LogP contribution in [0.2, 0.25) is 0 Å². The van der Waals surface area contributed by atoms with Crippen molar-refractivity contribution in [2.45, 2.75) is 71.0 Å². The summed E-state index contributed by atoms with van der Waals surface area (Å²) in [5, 5.41) is 2.92. The topological polar surface area (TPSA) is 117 Å². The van der Waals surface area contributed by atoms with E-state index < -0.39 is 11.7 Å². The van der Waals surface area contributed by atoms with E-state index in [-0.39, 0.29) is 18.1 Å². The van der Waals surface area contributed by atoms with Crippen molar-refractivity contribution in [3.05, 3.63) is 54.6 Å². The van der Waals surface area contributed by atoms with Gasteiger partial charge in [-0.3, -0.25) is 10.1 Å². The second-order valence-electron chi connectivity index (χ2n) is 12.4. The summed E-state index contributed by atoms with van der Waals surface area (Å²) in [4.78, 5) is 43.5. The number of unbranched alkanes of at least 4 members (excludes halogenated alkanes) is 2. The van der Waals surface area contributed by atoms with Gasteiger partial charge in [-0.2, -0.15) is 0 Å². The fourth-order valence-electron chi connectivity index (χ4n) is 5.14. The maximum absolute atomic E-state index is 12.7. The Labute approximate surface area is 262 Å². The lowest BCUT2D eigenvalue weighted by atomic mass is 10.0. The van der Waals surface area contributed by atoms with Crippen LogP contribution in [0.5, 0.6) is 0 Å². The Morgan fingerprint density at radius 1 is 0.932 bits per heavy atom. The van der Waals surface area contributed by atoms with Gasteiger partial charge in [-0.15, -0.1) is 0 Å². The van der Waals surface area contributed by atoms with Gasteiger partial charge in [-0.05, 0) is 58.1 Å². The lowest BCUT2D eigenvalue weighted by molar-refractivity contribution is -0.130. The molecule has 1 aliphatic rings. The number of piperidine rings is 1. The molecular formula is C34H51N5O5. The number of amides is 3. The molecule has 10 nitrogen and oxygen atoms in total. The number of likely N-dealkylation sites (tertiary alicyclic amines) is 1.